The first-order chi connectivity index (χ1) is 14.9. The van der Waals surface area contributed by atoms with Crippen molar-refractivity contribution in [1.82, 2.24) is 0 Å². The Morgan fingerprint density at radius 1 is 0.516 bits per heavy atom. The molecule has 0 aliphatic heterocycles. The van der Waals surface area contributed by atoms with Crippen LogP contribution in [-0.2, 0) is 5.41 Å². The third kappa shape index (κ3) is 2.86. The Kier molecular flexibility index (Phi) is 4.87. The predicted molar refractivity (Wildman–Crippen MR) is 133 cm³/mol. The Balaban J connectivity index is 2.00. The van der Waals surface area contributed by atoms with E-state index in [-0.39, 0.29) is 0 Å². The van der Waals surface area contributed by atoms with Crippen LogP contribution in [0.1, 0.15) is 22.3 Å². The lowest BCUT2D eigenvalue weighted by molar-refractivity contribution is 0.769. The van der Waals surface area contributed by atoms with Crippen LogP contribution in [0.4, 0.5) is 11.4 Å². The number of hydrogen-bond donors (Lipinski definition) is 2. The van der Waals surface area contributed by atoms with Crippen molar-refractivity contribution in [1.29, 1.82) is 0 Å². The minimum absolute atomic E-state index is 0.343. The van der Waals surface area contributed by atoms with Crippen molar-refractivity contribution in [2.75, 3.05) is 11.5 Å². The highest BCUT2D eigenvalue weighted by atomic mass is 35.5. The SMILES string of the molecule is Nc1c(Cl)cc(C2(c3cc(Cl)c(N)c(Cl)c3)c3ccccc3-c3ccccc32)cc1Cl. The molecule has 0 spiro atoms. The summed E-state index contributed by atoms with van der Waals surface area (Å²) >= 11 is 26.0. The fraction of sp³-hybridized carbons (Fsp3) is 0.0400. The van der Waals surface area contributed by atoms with Crippen LogP contribution in [0.5, 0.6) is 0 Å². The number of benzene rings is 4. The normalized spacial score (nSPS) is 13.7. The molecule has 0 amide bonds. The molecule has 154 valence electrons. The van der Waals surface area contributed by atoms with E-state index in [1.54, 1.807) is 0 Å². The number of anilines is 2. The van der Waals surface area contributed by atoms with E-state index < -0.39 is 5.41 Å². The Morgan fingerprint density at radius 3 is 1.19 bits per heavy atom. The van der Waals surface area contributed by atoms with Gasteiger partial charge in [-0.3, -0.25) is 0 Å². The molecule has 5 rings (SSSR count). The lowest BCUT2D eigenvalue weighted by atomic mass is 9.67. The monoisotopic (exact) mass is 484 g/mol. The van der Waals surface area contributed by atoms with E-state index >= 15 is 0 Å². The van der Waals surface area contributed by atoms with E-state index in [2.05, 4.69) is 24.3 Å². The quantitative estimate of drug-likeness (QED) is 0.250. The van der Waals surface area contributed by atoms with E-state index in [9.17, 15) is 0 Å². The molecule has 0 fully saturated rings. The Hall–Kier alpha value is -2.36. The molecule has 6 heteroatoms. The van der Waals surface area contributed by atoms with Gasteiger partial charge in [-0.15, -0.1) is 0 Å². The zero-order chi connectivity index (χ0) is 21.9. The van der Waals surface area contributed by atoms with Crippen LogP contribution in [0.15, 0.2) is 72.8 Å². The highest BCUT2D eigenvalue weighted by Crippen LogP contribution is 2.57. The lowest BCUT2D eigenvalue weighted by Crippen LogP contribution is -2.29. The van der Waals surface area contributed by atoms with Crippen molar-refractivity contribution in [2.45, 2.75) is 5.41 Å². The molecule has 31 heavy (non-hydrogen) atoms. The minimum Gasteiger partial charge on any atom is -0.396 e. The van der Waals surface area contributed by atoms with Gasteiger partial charge in [0.25, 0.3) is 0 Å². The first-order valence-corrected chi connectivity index (χ1v) is 11.1. The van der Waals surface area contributed by atoms with Crippen LogP contribution in [0, 0.1) is 0 Å². The van der Waals surface area contributed by atoms with Crippen molar-refractivity contribution in [3.8, 4) is 11.1 Å². The van der Waals surface area contributed by atoms with Crippen LogP contribution >= 0.6 is 46.4 Å². The number of nitrogen functional groups attached to an aromatic ring is 2. The van der Waals surface area contributed by atoms with Crippen LogP contribution in [-0.4, -0.2) is 0 Å². The predicted octanol–water partition coefficient (Wildman–Crippen LogP) is 7.83. The summed E-state index contributed by atoms with van der Waals surface area (Å²) in [5.74, 6) is 0. The summed E-state index contributed by atoms with van der Waals surface area (Å²) in [5, 5.41) is 1.54. The van der Waals surface area contributed by atoms with Crippen LogP contribution < -0.4 is 11.5 Å². The molecule has 0 saturated carbocycles. The maximum atomic E-state index is 6.51. The first-order valence-electron chi connectivity index (χ1n) is 9.55. The van der Waals surface area contributed by atoms with Crippen molar-refractivity contribution >= 4 is 57.8 Å². The van der Waals surface area contributed by atoms with E-state index in [0.717, 1.165) is 33.4 Å². The van der Waals surface area contributed by atoms with Gasteiger partial charge in [0.1, 0.15) is 0 Å². The van der Waals surface area contributed by atoms with Crippen molar-refractivity contribution in [2.24, 2.45) is 0 Å². The minimum atomic E-state index is -0.755. The maximum absolute atomic E-state index is 6.51. The second-order valence-electron chi connectivity index (χ2n) is 7.55. The molecule has 0 bridgehead atoms. The van der Waals surface area contributed by atoms with Gasteiger partial charge >= 0.3 is 0 Å². The molecule has 0 atom stereocenters. The zero-order valence-corrected chi connectivity index (χ0v) is 19.1. The highest BCUT2D eigenvalue weighted by Gasteiger charge is 2.46. The molecule has 4 aromatic rings. The fourth-order valence-electron chi connectivity index (χ4n) is 4.63. The van der Waals surface area contributed by atoms with Crippen LogP contribution in [0.2, 0.25) is 20.1 Å². The molecule has 1 aliphatic carbocycles. The molecule has 0 saturated heterocycles. The van der Waals surface area contributed by atoms with E-state index in [1.165, 1.54) is 0 Å². The largest absolute Gasteiger partial charge is 0.396 e. The first kappa shape index (κ1) is 20.5. The second-order valence-corrected chi connectivity index (χ2v) is 9.18. The summed E-state index contributed by atoms with van der Waals surface area (Å²) in [7, 11) is 0. The maximum Gasteiger partial charge on any atom is 0.0715 e. The molecular formula is C25H16Cl4N2. The molecule has 0 aromatic heterocycles. The van der Waals surface area contributed by atoms with Gasteiger partial charge in [-0.25, -0.2) is 0 Å². The van der Waals surface area contributed by atoms with Crippen LogP contribution in [0.25, 0.3) is 11.1 Å². The Morgan fingerprint density at radius 2 is 0.839 bits per heavy atom. The molecule has 0 heterocycles. The average Bonchev–Trinajstić information content (AvgIpc) is 3.06. The summed E-state index contributed by atoms with van der Waals surface area (Å²) in [4.78, 5) is 0. The highest BCUT2D eigenvalue weighted by molar-refractivity contribution is 6.39. The van der Waals surface area contributed by atoms with Gasteiger partial charge in [0.05, 0.1) is 36.9 Å². The topological polar surface area (TPSA) is 52.0 Å². The van der Waals surface area contributed by atoms with Gasteiger partial charge < -0.3 is 11.5 Å². The third-order valence-electron chi connectivity index (χ3n) is 5.98. The van der Waals surface area contributed by atoms with E-state index in [1.807, 2.05) is 48.5 Å². The number of fused-ring (bicyclic) bond motifs is 3. The van der Waals surface area contributed by atoms with Crippen molar-refractivity contribution in [3.63, 3.8) is 0 Å². The Bertz CT molecular complexity index is 1210. The molecular weight excluding hydrogens is 470 g/mol. The third-order valence-corrected chi connectivity index (χ3v) is 7.23. The van der Waals surface area contributed by atoms with Gasteiger partial charge in [0.15, 0.2) is 0 Å². The number of nitrogens with two attached hydrogens (primary N) is 2. The summed E-state index contributed by atoms with van der Waals surface area (Å²) in [6, 6.07) is 23.9. The van der Waals surface area contributed by atoms with Gasteiger partial charge in [0, 0.05) is 0 Å². The zero-order valence-electron chi connectivity index (χ0n) is 16.1. The molecule has 2 nitrogen and oxygen atoms in total. The summed E-state index contributed by atoms with van der Waals surface area (Å²) in [6.45, 7) is 0. The van der Waals surface area contributed by atoms with Gasteiger partial charge in [-0.2, -0.15) is 0 Å². The number of halogens is 4. The van der Waals surface area contributed by atoms with Crippen molar-refractivity contribution < 1.29 is 0 Å². The average molecular weight is 486 g/mol. The number of hydrogen-bond acceptors (Lipinski definition) is 2. The van der Waals surface area contributed by atoms with Gasteiger partial charge in [0.2, 0.25) is 0 Å². The smallest absolute Gasteiger partial charge is 0.0715 e. The molecule has 1 aliphatic rings. The van der Waals surface area contributed by atoms with E-state index in [4.69, 9.17) is 57.9 Å². The fourth-order valence-corrected chi connectivity index (χ4v) is 5.60. The van der Waals surface area contributed by atoms with Gasteiger partial charge in [-0.1, -0.05) is 94.9 Å². The summed E-state index contributed by atoms with van der Waals surface area (Å²) in [5.41, 5.74) is 18.2. The standard InChI is InChI=1S/C25H16Cl4N2/c26-19-9-13(10-20(27)23(19)30)25(14-11-21(28)24(31)22(29)12-14)17-7-3-1-5-15(17)16-6-2-4-8-18(16)25/h1-12H,30-31H2. The van der Waals surface area contributed by atoms with E-state index in [0.29, 0.717) is 31.5 Å². The Labute approximate surface area is 200 Å². The molecule has 4 N–H and O–H groups in total. The summed E-state index contributed by atoms with van der Waals surface area (Å²) in [6.07, 6.45) is 0. The molecule has 0 radical (unpaired) electrons. The summed E-state index contributed by atoms with van der Waals surface area (Å²) < 4.78 is 0. The number of rotatable bonds is 2. The second kappa shape index (κ2) is 7.36. The molecule has 0 unspecified atom stereocenters. The lowest BCUT2D eigenvalue weighted by Gasteiger charge is -2.34. The van der Waals surface area contributed by atoms with Crippen molar-refractivity contribution in [3.05, 3.63) is 115 Å². The molecule has 4 aromatic carbocycles. The van der Waals surface area contributed by atoms with Gasteiger partial charge in [-0.05, 0) is 57.6 Å². The van der Waals surface area contributed by atoms with Crippen LogP contribution in [0.3, 0.4) is 0 Å².